The summed E-state index contributed by atoms with van der Waals surface area (Å²) in [5.41, 5.74) is -0.139. The summed E-state index contributed by atoms with van der Waals surface area (Å²) in [5, 5.41) is 3.03. The molecule has 1 aromatic heterocycles. The first-order valence-corrected chi connectivity index (χ1v) is 8.76. The number of hydrogen-bond donors (Lipinski definition) is 1. The van der Waals surface area contributed by atoms with E-state index in [1.807, 2.05) is 26.0 Å². The fourth-order valence-electron chi connectivity index (χ4n) is 3.06. The molecule has 0 atom stereocenters. The molecule has 1 aromatic carbocycles. The average Bonchev–Trinajstić information content (AvgIpc) is 2.52. The van der Waals surface area contributed by atoms with Gasteiger partial charge in [-0.15, -0.1) is 0 Å². The zero-order valence-electron chi connectivity index (χ0n) is 16.2. The largest absolute Gasteiger partial charge is 0.484 e. The number of rotatable bonds is 7. The lowest BCUT2D eigenvalue weighted by Crippen LogP contribution is -2.47. The summed E-state index contributed by atoms with van der Waals surface area (Å²) in [6, 6.07) is 12.6. The van der Waals surface area contributed by atoms with E-state index in [2.05, 4.69) is 31.1 Å². The monoisotopic (exact) mass is 356 g/mol. The maximum atomic E-state index is 12.2. The van der Waals surface area contributed by atoms with Gasteiger partial charge in [0.2, 0.25) is 5.88 Å². The Kier molecular flexibility index (Phi) is 6.24. The Morgan fingerprint density at radius 2 is 1.65 bits per heavy atom. The lowest BCUT2D eigenvalue weighted by Gasteiger charge is -2.33. The van der Waals surface area contributed by atoms with Gasteiger partial charge in [0.15, 0.2) is 6.61 Å². The minimum absolute atomic E-state index is 0.0198. The van der Waals surface area contributed by atoms with E-state index in [0.717, 1.165) is 6.42 Å². The number of nitrogens with one attached hydrogen (secondary N) is 1. The lowest BCUT2D eigenvalue weighted by molar-refractivity contribution is -0.125. The molecule has 140 valence electrons. The molecule has 0 spiro atoms. The van der Waals surface area contributed by atoms with Crippen molar-refractivity contribution in [1.82, 2.24) is 10.3 Å². The van der Waals surface area contributed by atoms with Crippen LogP contribution in [-0.4, -0.2) is 23.0 Å². The van der Waals surface area contributed by atoms with Crippen molar-refractivity contribution in [2.75, 3.05) is 6.61 Å². The van der Waals surface area contributed by atoms with Crippen LogP contribution in [0.15, 0.2) is 48.7 Å². The highest BCUT2D eigenvalue weighted by Gasteiger charge is 2.27. The Labute approximate surface area is 155 Å². The van der Waals surface area contributed by atoms with Gasteiger partial charge in [-0.3, -0.25) is 4.79 Å². The first-order chi connectivity index (χ1) is 12.1. The van der Waals surface area contributed by atoms with Crippen molar-refractivity contribution in [1.29, 1.82) is 0 Å². The Morgan fingerprint density at radius 1 is 1.00 bits per heavy atom. The number of carbonyl (C=O) groups excluding carboxylic acids is 1. The molecular formula is C21H28N2O3. The van der Waals surface area contributed by atoms with Gasteiger partial charge in [-0.1, -0.05) is 26.8 Å². The van der Waals surface area contributed by atoms with E-state index in [-0.39, 0.29) is 23.5 Å². The summed E-state index contributed by atoms with van der Waals surface area (Å²) in [6.07, 6.45) is 2.55. The standard InChI is InChI=1S/C21H28N2O3/c1-20(2,3)15-21(4,5)23-18(24)14-25-16-9-11-17(12-10-16)26-19-8-6-7-13-22-19/h6-13H,14-15H2,1-5H3,(H,23,24). The molecule has 0 unspecified atom stereocenters. The molecule has 5 heteroatoms. The second kappa shape index (κ2) is 8.21. The third-order valence-electron chi connectivity index (χ3n) is 3.50. The predicted molar refractivity (Wildman–Crippen MR) is 103 cm³/mol. The Morgan fingerprint density at radius 3 is 2.23 bits per heavy atom. The number of ether oxygens (including phenoxy) is 2. The third kappa shape index (κ3) is 7.13. The molecule has 0 saturated carbocycles. The van der Waals surface area contributed by atoms with Crippen LogP contribution in [0.5, 0.6) is 17.4 Å². The molecule has 5 nitrogen and oxygen atoms in total. The van der Waals surface area contributed by atoms with Crippen molar-refractivity contribution in [2.45, 2.75) is 46.6 Å². The average molecular weight is 356 g/mol. The molecule has 0 bridgehead atoms. The SMILES string of the molecule is CC(C)(C)CC(C)(C)NC(=O)COc1ccc(Oc2ccccn2)cc1. The summed E-state index contributed by atoms with van der Waals surface area (Å²) in [7, 11) is 0. The van der Waals surface area contributed by atoms with E-state index >= 15 is 0 Å². The molecule has 1 heterocycles. The minimum Gasteiger partial charge on any atom is -0.484 e. The third-order valence-corrected chi connectivity index (χ3v) is 3.50. The fraction of sp³-hybridized carbons (Fsp3) is 0.429. The van der Waals surface area contributed by atoms with Gasteiger partial charge in [-0.05, 0) is 56.0 Å². The van der Waals surface area contributed by atoms with E-state index in [9.17, 15) is 4.79 Å². The second-order valence-electron chi connectivity index (χ2n) is 8.20. The highest BCUT2D eigenvalue weighted by molar-refractivity contribution is 5.78. The van der Waals surface area contributed by atoms with Gasteiger partial charge < -0.3 is 14.8 Å². The van der Waals surface area contributed by atoms with E-state index in [4.69, 9.17) is 9.47 Å². The molecule has 26 heavy (non-hydrogen) atoms. The van der Waals surface area contributed by atoms with Crippen molar-refractivity contribution >= 4 is 5.91 Å². The number of pyridine rings is 1. The first-order valence-electron chi connectivity index (χ1n) is 8.76. The molecule has 2 rings (SSSR count). The van der Waals surface area contributed by atoms with Gasteiger partial charge in [0.05, 0.1) is 0 Å². The van der Waals surface area contributed by atoms with Crippen molar-refractivity contribution in [3.05, 3.63) is 48.7 Å². The van der Waals surface area contributed by atoms with E-state index < -0.39 is 0 Å². The Bertz CT molecular complexity index is 704. The highest BCUT2D eigenvalue weighted by atomic mass is 16.5. The van der Waals surface area contributed by atoms with Crippen molar-refractivity contribution in [2.24, 2.45) is 5.41 Å². The summed E-state index contributed by atoms with van der Waals surface area (Å²) < 4.78 is 11.2. The highest BCUT2D eigenvalue weighted by Crippen LogP contribution is 2.27. The number of aromatic nitrogens is 1. The molecule has 0 fully saturated rings. The van der Waals surface area contributed by atoms with Crippen LogP contribution in [0.25, 0.3) is 0 Å². The molecule has 2 aromatic rings. The quantitative estimate of drug-likeness (QED) is 0.788. The molecule has 0 aliphatic heterocycles. The molecular weight excluding hydrogens is 328 g/mol. The van der Waals surface area contributed by atoms with Crippen LogP contribution in [0.1, 0.15) is 41.0 Å². The molecule has 0 aliphatic carbocycles. The van der Waals surface area contributed by atoms with Crippen molar-refractivity contribution < 1.29 is 14.3 Å². The van der Waals surface area contributed by atoms with Gasteiger partial charge in [0.1, 0.15) is 11.5 Å². The molecule has 1 amide bonds. The number of amides is 1. The van der Waals surface area contributed by atoms with Crippen LogP contribution in [0, 0.1) is 5.41 Å². The summed E-state index contributed by atoms with van der Waals surface area (Å²) in [6.45, 7) is 10.5. The van der Waals surface area contributed by atoms with Crippen LogP contribution in [-0.2, 0) is 4.79 Å². The van der Waals surface area contributed by atoms with E-state index in [1.165, 1.54) is 0 Å². The van der Waals surface area contributed by atoms with Gasteiger partial charge in [0, 0.05) is 17.8 Å². The van der Waals surface area contributed by atoms with Crippen molar-refractivity contribution in [3.8, 4) is 17.4 Å². The van der Waals surface area contributed by atoms with E-state index in [0.29, 0.717) is 17.4 Å². The zero-order chi connectivity index (χ0) is 19.2. The molecule has 0 radical (unpaired) electrons. The fourth-order valence-corrected chi connectivity index (χ4v) is 3.06. The molecule has 1 N–H and O–H groups in total. The van der Waals surface area contributed by atoms with Gasteiger partial charge in [0.25, 0.3) is 5.91 Å². The summed E-state index contributed by atoms with van der Waals surface area (Å²) >= 11 is 0. The topological polar surface area (TPSA) is 60.5 Å². The normalized spacial score (nSPS) is 11.7. The van der Waals surface area contributed by atoms with Crippen LogP contribution >= 0.6 is 0 Å². The number of carbonyl (C=O) groups is 1. The van der Waals surface area contributed by atoms with Crippen molar-refractivity contribution in [3.63, 3.8) is 0 Å². The first kappa shape index (κ1) is 19.8. The second-order valence-corrected chi connectivity index (χ2v) is 8.20. The maximum absolute atomic E-state index is 12.2. The summed E-state index contributed by atoms with van der Waals surface area (Å²) in [4.78, 5) is 16.3. The van der Waals surface area contributed by atoms with Crippen LogP contribution < -0.4 is 14.8 Å². The van der Waals surface area contributed by atoms with Gasteiger partial charge in [-0.25, -0.2) is 4.98 Å². The lowest BCUT2D eigenvalue weighted by atomic mass is 9.82. The number of hydrogen-bond acceptors (Lipinski definition) is 4. The molecule has 0 aliphatic rings. The minimum atomic E-state index is -0.279. The van der Waals surface area contributed by atoms with Crippen LogP contribution in [0.4, 0.5) is 0 Å². The van der Waals surface area contributed by atoms with Crippen LogP contribution in [0.2, 0.25) is 0 Å². The van der Waals surface area contributed by atoms with Gasteiger partial charge in [-0.2, -0.15) is 0 Å². The maximum Gasteiger partial charge on any atom is 0.258 e. The Hall–Kier alpha value is -2.56. The predicted octanol–water partition coefficient (Wildman–Crippen LogP) is 4.58. The van der Waals surface area contributed by atoms with E-state index in [1.54, 1.807) is 36.5 Å². The molecule has 0 saturated heterocycles. The summed E-state index contributed by atoms with van der Waals surface area (Å²) in [5.74, 6) is 1.67. The Balaban J connectivity index is 1.83. The smallest absolute Gasteiger partial charge is 0.258 e. The van der Waals surface area contributed by atoms with Crippen LogP contribution in [0.3, 0.4) is 0 Å². The zero-order valence-corrected chi connectivity index (χ0v) is 16.2. The van der Waals surface area contributed by atoms with Gasteiger partial charge >= 0.3 is 0 Å². The number of benzene rings is 1. The number of nitrogens with zero attached hydrogens (tertiary/aromatic N) is 1.